The van der Waals surface area contributed by atoms with Crippen LogP contribution in [0.3, 0.4) is 0 Å². The molecule has 142 valence electrons. The molecule has 1 atom stereocenters. The number of rotatable bonds is 7. The zero-order valence-corrected chi connectivity index (χ0v) is 16.1. The standard InChI is InChI=1S/C19H26N2O4S/c1-3-4-14-26(24,25)20-16(22)18(2)12-13-21(18)17(23)19(10-11-19)15-8-6-5-7-9-15/h5-9H,3-4,10-14H2,1-2H3,(H,20,22). The van der Waals surface area contributed by atoms with Crippen LogP contribution in [0.2, 0.25) is 0 Å². The van der Waals surface area contributed by atoms with Crippen LogP contribution in [-0.2, 0) is 25.0 Å². The Morgan fingerprint density at radius 3 is 2.31 bits per heavy atom. The Kier molecular flexibility index (Phi) is 4.86. The van der Waals surface area contributed by atoms with E-state index in [9.17, 15) is 18.0 Å². The van der Waals surface area contributed by atoms with E-state index in [1.54, 1.807) is 11.8 Å². The van der Waals surface area contributed by atoms with Gasteiger partial charge < -0.3 is 4.90 Å². The van der Waals surface area contributed by atoms with Gasteiger partial charge in [0.15, 0.2) is 0 Å². The molecule has 3 rings (SSSR count). The first kappa shape index (κ1) is 18.9. The van der Waals surface area contributed by atoms with Crippen LogP contribution in [-0.4, -0.2) is 43.0 Å². The molecule has 0 aromatic heterocycles. The average molecular weight is 378 g/mol. The Morgan fingerprint density at radius 1 is 1.15 bits per heavy atom. The summed E-state index contributed by atoms with van der Waals surface area (Å²) in [6, 6.07) is 9.61. The fourth-order valence-electron chi connectivity index (χ4n) is 3.52. The number of hydrogen-bond acceptors (Lipinski definition) is 4. The van der Waals surface area contributed by atoms with E-state index in [2.05, 4.69) is 4.72 Å². The van der Waals surface area contributed by atoms with E-state index in [-0.39, 0.29) is 11.7 Å². The molecule has 1 saturated carbocycles. The fourth-order valence-corrected chi connectivity index (χ4v) is 4.80. The van der Waals surface area contributed by atoms with Crippen LogP contribution in [0, 0.1) is 0 Å². The predicted octanol–water partition coefficient (Wildman–Crippen LogP) is 1.96. The summed E-state index contributed by atoms with van der Waals surface area (Å²) in [6.45, 7) is 4.02. The molecule has 0 radical (unpaired) electrons. The lowest BCUT2D eigenvalue weighted by Gasteiger charge is -2.50. The minimum Gasteiger partial charge on any atom is -0.327 e. The number of unbranched alkanes of at least 4 members (excludes halogenated alkanes) is 1. The second-order valence-corrected chi connectivity index (χ2v) is 9.37. The molecule has 26 heavy (non-hydrogen) atoms. The zero-order chi connectivity index (χ0) is 19.0. The van der Waals surface area contributed by atoms with E-state index in [4.69, 9.17) is 0 Å². The van der Waals surface area contributed by atoms with Gasteiger partial charge in [0.05, 0.1) is 11.2 Å². The molecule has 1 aromatic carbocycles. The minimum atomic E-state index is -3.66. The van der Waals surface area contributed by atoms with E-state index < -0.39 is 26.9 Å². The first-order chi connectivity index (χ1) is 12.3. The molecule has 1 unspecified atom stereocenters. The summed E-state index contributed by atoms with van der Waals surface area (Å²) in [5.41, 5.74) is -0.680. The summed E-state index contributed by atoms with van der Waals surface area (Å²) in [4.78, 5) is 27.4. The van der Waals surface area contributed by atoms with Crippen molar-refractivity contribution in [3.8, 4) is 0 Å². The number of sulfonamides is 1. The van der Waals surface area contributed by atoms with Crippen LogP contribution in [0.25, 0.3) is 0 Å². The summed E-state index contributed by atoms with van der Waals surface area (Å²) in [6.07, 6.45) is 3.23. The maximum atomic E-state index is 13.2. The normalized spacial score (nSPS) is 23.8. The van der Waals surface area contributed by atoms with Crippen molar-refractivity contribution in [1.29, 1.82) is 0 Å². The molecule has 1 saturated heterocycles. The van der Waals surface area contributed by atoms with Gasteiger partial charge in [0.25, 0.3) is 5.91 Å². The highest BCUT2D eigenvalue weighted by atomic mass is 32.2. The maximum absolute atomic E-state index is 13.2. The van der Waals surface area contributed by atoms with E-state index in [0.29, 0.717) is 19.4 Å². The van der Waals surface area contributed by atoms with E-state index >= 15 is 0 Å². The van der Waals surface area contributed by atoms with E-state index in [1.165, 1.54) is 0 Å². The van der Waals surface area contributed by atoms with Gasteiger partial charge in [-0.1, -0.05) is 43.7 Å². The highest BCUT2D eigenvalue weighted by Gasteiger charge is 2.59. The van der Waals surface area contributed by atoms with Crippen LogP contribution >= 0.6 is 0 Å². The van der Waals surface area contributed by atoms with Crippen molar-refractivity contribution >= 4 is 21.8 Å². The lowest BCUT2D eigenvalue weighted by atomic mass is 9.82. The molecule has 0 bridgehead atoms. The van der Waals surface area contributed by atoms with Crippen molar-refractivity contribution in [1.82, 2.24) is 9.62 Å². The topological polar surface area (TPSA) is 83.6 Å². The highest BCUT2D eigenvalue weighted by molar-refractivity contribution is 7.90. The minimum absolute atomic E-state index is 0.0708. The van der Waals surface area contributed by atoms with Crippen molar-refractivity contribution in [2.24, 2.45) is 0 Å². The van der Waals surface area contributed by atoms with Gasteiger partial charge in [0.1, 0.15) is 5.54 Å². The fraction of sp³-hybridized carbons (Fsp3) is 0.579. The van der Waals surface area contributed by atoms with Crippen molar-refractivity contribution < 1.29 is 18.0 Å². The summed E-state index contributed by atoms with van der Waals surface area (Å²) in [7, 11) is -3.66. The Bertz CT molecular complexity index is 802. The Morgan fingerprint density at radius 2 is 1.81 bits per heavy atom. The van der Waals surface area contributed by atoms with Gasteiger partial charge in [0, 0.05) is 6.54 Å². The second-order valence-electron chi connectivity index (χ2n) is 7.53. The van der Waals surface area contributed by atoms with Crippen LogP contribution in [0.15, 0.2) is 30.3 Å². The van der Waals surface area contributed by atoms with Gasteiger partial charge in [-0.25, -0.2) is 8.42 Å². The summed E-state index contributed by atoms with van der Waals surface area (Å²) < 4.78 is 26.3. The number of amides is 2. The van der Waals surface area contributed by atoms with Gasteiger partial charge in [-0.3, -0.25) is 14.3 Å². The average Bonchev–Trinajstić information content (AvgIpc) is 3.40. The van der Waals surface area contributed by atoms with Gasteiger partial charge >= 0.3 is 0 Å². The van der Waals surface area contributed by atoms with Gasteiger partial charge in [-0.15, -0.1) is 0 Å². The number of likely N-dealkylation sites (tertiary alicyclic amines) is 1. The maximum Gasteiger partial charge on any atom is 0.259 e. The Hall–Kier alpha value is -1.89. The third-order valence-electron chi connectivity index (χ3n) is 5.65. The van der Waals surface area contributed by atoms with Crippen LogP contribution in [0.4, 0.5) is 0 Å². The molecule has 0 spiro atoms. The molecule has 2 amide bonds. The molecule has 2 fully saturated rings. The monoisotopic (exact) mass is 378 g/mol. The number of nitrogens with one attached hydrogen (secondary N) is 1. The molecular formula is C19H26N2O4S. The van der Waals surface area contributed by atoms with Crippen molar-refractivity contribution in [3.63, 3.8) is 0 Å². The first-order valence-electron chi connectivity index (χ1n) is 9.18. The predicted molar refractivity (Wildman–Crippen MR) is 98.9 cm³/mol. The molecule has 2 aliphatic rings. The second kappa shape index (κ2) is 6.68. The van der Waals surface area contributed by atoms with Gasteiger partial charge in [0.2, 0.25) is 15.9 Å². The highest BCUT2D eigenvalue weighted by Crippen LogP contribution is 2.51. The smallest absolute Gasteiger partial charge is 0.259 e. The van der Waals surface area contributed by atoms with Crippen molar-refractivity contribution in [2.45, 2.75) is 56.9 Å². The third-order valence-corrected chi connectivity index (χ3v) is 6.98. The largest absolute Gasteiger partial charge is 0.327 e. The summed E-state index contributed by atoms with van der Waals surface area (Å²) in [5.74, 6) is -0.747. The number of hydrogen-bond donors (Lipinski definition) is 1. The summed E-state index contributed by atoms with van der Waals surface area (Å²) >= 11 is 0. The lowest BCUT2D eigenvalue weighted by molar-refractivity contribution is -0.158. The molecule has 1 aliphatic carbocycles. The number of carbonyl (C=O) groups is 2. The van der Waals surface area contributed by atoms with E-state index in [1.807, 2.05) is 37.3 Å². The van der Waals surface area contributed by atoms with Gasteiger partial charge in [-0.05, 0) is 38.2 Å². The number of carbonyl (C=O) groups excluding carboxylic acids is 2. The molecule has 1 aliphatic heterocycles. The van der Waals surface area contributed by atoms with Crippen molar-refractivity contribution in [3.05, 3.63) is 35.9 Å². The Balaban J connectivity index is 1.74. The van der Waals surface area contributed by atoms with Gasteiger partial charge in [-0.2, -0.15) is 0 Å². The molecule has 7 heteroatoms. The number of benzene rings is 1. The quantitative estimate of drug-likeness (QED) is 0.786. The van der Waals surface area contributed by atoms with Crippen LogP contribution in [0.1, 0.15) is 51.5 Å². The Labute approximate surface area is 155 Å². The molecule has 6 nitrogen and oxygen atoms in total. The molecule has 1 heterocycles. The first-order valence-corrected chi connectivity index (χ1v) is 10.8. The zero-order valence-electron chi connectivity index (χ0n) is 15.3. The van der Waals surface area contributed by atoms with Crippen LogP contribution in [0.5, 0.6) is 0 Å². The van der Waals surface area contributed by atoms with E-state index in [0.717, 1.165) is 24.8 Å². The summed E-state index contributed by atoms with van der Waals surface area (Å²) in [5, 5.41) is 0. The van der Waals surface area contributed by atoms with Crippen LogP contribution < -0.4 is 4.72 Å². The number of nitrogens with zero attached hydrogens (tertiary/aromatic N) is 1. The SMILES string of the molecule is CCCCS(=O)(=O)NC(=O)C1(C)CCN1C(=O)C1(c2ccccc2)CC1. The molecule has 1 N–H and O–H groups in total. The third kappa shape index (κ3) is 3.24. The molecular weight excluding hydrogens is 352 g/mol. The lowest BCUT2D eigenvalue weighted by Crippen LogP contribution is -2.69. The van der Waals surface area contributed by atoms with Crippen molar-refractivity contribution in [2.75, 3.05) is 12.3 Å². The molecule has 1 aromatic rings.